The fourth-order valence-corrected chi connectivity index (χ4v) is 2.99. The molecule has 2 aliphatic rings. The lowest BCUT2D eigenvalue weighted by Crippen LogP contribution is -2.55. The summed E-state index contributed by atoms with van der Waals surface area (Å²) in [5, 5.41) is 12.1. The van der Waals surface area contributed by atoms with Crippen LogP contribution in [0.4, 0.5) is 4.79 Å². The van der Waals surface area contributed by atoms with E-state index >= 15 is 0 Å². The monoisotopic (exact) mass is 284 g/mol. The van der Waals surface area contributed by atoms with Crippen molar-refractivity contribution in [3.63, 3.8) is 0 Å². The Balaban J connectivity index is 1.88. The Kier molecular flexibility index (Phi) is 4.86. The molecular formula is C14H24N2O4. The van der Waals surface area contributed by atoms with Crippen molar-refractivity contribution in [1.82, 2.24) is 10.2 Å². The number of carboxylic acid groups (broad SMARTS) is 1. The molecule has 2 N–H and O–H groups in total. The van der Waals surface area contributed by atoms with Crippen LogP contribution in [0.15, 0.2) is 0 Å². The summed E-state index contributed by atoms with van der Waals surface area (Å²) >= 11 is 0. The molecule has 1 heterocycles. The van der Waals surface area contributed by atoms with Gasteiger partial charge in [0, 0.05) is 12.6 Å². The third-order valence-electron chi connectivity index (χ3n) is 4.22. The van der Waals surface area contributed by atoms with Gasteiger partial charge in [-0.1, -0.05) is 6.42 Å². The third kappa shape index (κ3) is 3.62. The number of morpholine rings is 1. The van der Waals surface area contributed by atoms with Gasteiger partial charge in [0.15, 0.2) is 0 Å². The Labute approximate surface area is 119 Å². The van der Waals surface area contributed by atoms with Crippen LogP contribution < -0.4 is 5.32 Å². The molecule has 1 aliphatic carbocycles. The highest BCUT2D eigenvalue weighted by Crippen LogP contribution is 2.25. The minimum atomic E-state index is -0.752. The maximum atomic E-state index is 12.3. The molecule has 20 heavy (non-hydrogen) atoms. The molecule has 0 aromatic heterocycles. The summed E-state index contributed by atoms with van der Waals surface area (Å²) in [7, 11) is 0. The van der Waals surface area contributed by atoms with Crippen LogP contribution in [0.2, 0.25) is 0 Å². The van der Waals surface area contributed by atoms with E-state index < -0.39 is 5.97 Å². The van der Waals surface area contributed by atoms with Crippen LogP contribution in [-0.4, -0.2) is 53.3 Å². The highest BCUT2D eigenvalue weighted by Gasteiger charge is 2.31. The average molecular weight is 284 g/mol. The van der Waals surface area contributed by atoms with Crippen molar-refractivity contribution in [1.29, 1.82) is 0 Å². The van der Waals surface area contributed by atoms with Gasteiger partial charge in [0.25, 0.3) is 0 Å². The number of urea groups is 1. The molecule has 4 atom stereocenters. The molecule has 2 fully saturated rings. The summed E-state index contributed by atoms with van der Waals surface area (Å²) in [6.07, 6.45) is 3.03. The van der Waals surface area contributed by atoms with Crippen LogP contribution in [0.3, 0.4) is 0 Å². The third-order valence-corrected chi connectivity index (χ3v) is 4.22. The molecule has 4 unspecified atom stereocenters. The topological polar surface area (TPSA) is 78.9 Å². The quantitative estimate of drug-likeness (QED) is 0.804. The number of carbonyl (C=O) groups is 2. The molecule has 0 aromatic carbocycles. The first-order chi connectivity index (χ1) is 9.47. The number of amides is 2. The van der Waals surface area contributed by atoms with Crippen molar-refractivity contribution in [2.24, 2.45) is 5.92 Å². The highest BCUT2D eigenvalue weighted by molar-refractivity contribution is 5.75. The van der Waals surface area contributed by atoms with E-state index in [9.17, 15) is 9.59 Å². The predicted octanol–water partition coefficient (Wildman–Crippen LogP) is 1.45. The molecule has 6 nitrogen and oxygen atoms in total. The van der Waals surface area contributed by atoms with Gasteiger partial charge in [-0.05, 0) is 33.1 Å². The first-order valence-corrected chi connectivity index (χ1v) is 7.39. The Hall–Kier alpha value is -1.30. The van der Waals surface area contributed by atoms with Gasteiger partial charge >= 0.3 is 12.0 Å². The fourth-order valence-electron chi connectivity index (χ4n) is 2.99. The van der Waals surface area contributed by atoms with Gasteiger partial charge in [-0.15, -0.1) is 0 Å². The number of carbonyl (C=O) groups excluding carboxylic acids is 1. The normalized spacial score (nSPS) is 34.6. The molecule has 0 bridgehead atoms. The van der Waals surface area contributed by atoms with Gasteiger partial charge < -0.3 is 20.1 Å². The molecule has 2 rings (SSSR count). The lowest BCUT2D eigenvalue weighted by molar-refractivity contribution is -0.143. The molecule has 1 saturated carbocycles. The molecule has 1 saturated heterocycles. The van der Waals surface area contributed by atoms with Crippen LogP contribution in [0.5, 0.6) is 0 Å². The van der Waals surface area contributed by atoms with Crippen molar-refractivity contribution in [3.8, 4) is 0 Å². The zero-order chi connectivity index (χ0) is 14.7. The molecule has 2 amide bonds. The van der Waals surface area contributed by atoms with Crippen LogP contribution in [-0.2, 0) is 9.53 Å². The van der Waals surface area contributed by atoms with Gasteiger partial charge in [0.05, 0.1) is 24.7 Å². The predicted molar refractivity (Wildman–Crippen MR) is 73.5 cm³/mol. The Bertz CT molecular complexity index is 374. The van der Waals surface area contributed by atoms with Gasteiger partial charge in [-0.25, -0.2) is 4.79 Å². The summed E-state index contributed by atoms with van der Waals surface area (Å²) in [5.41, 5.74) is 0. The van der Waals surface area contributed by atoms with Crippen LogP contribution >= 0.6 is 0 Å². The number of nitrogens with zero attached hydrogens (tertiary/aromatic N) is 1. The van der Waals surface area contributed by atoms with Gasteiger partial charge in [0.1, 0.15) is 0 Å². The Morgan fingerprint density at radius 1 is 1.30 bits per heavy atom. The number of nitrogens with one attached hydrogen (secondary N) is 1. The van der Waals surface area contributed by atoms with Crippen LogP contribution in [0.25, 0.3) is 0 Å². The number of aliphatic carboxylic acids is 1. The van der Waals surface area contributed by atoms with Gasteiger partial charge in [-0.2, -0.15) is 0 Å². The summed E-state index contributed by atoms with van der Waals surface area (Å²) < 4.78 is 5.51. The molecule has 114 valence electrons. The second-order valence-corrected chi connectivity index (χ2v) is 5.99. The second-order valence-electron chi connectivity index (χ2n) is 5.99. The number of carboxylic acids is 1. The largest absolute Gasteiger partial charge is 0.481 e. The lowest BCUT2D eigenvalue weighted by atomic mass is 9.86. The first kappa shape index (κ1) is 15.1. The van der Waals surface area contributed by atoms with Crippen molar-refractivity contribution in [3.05, 3.63) is 0 Å². The summed E-state index contributed by atoms with van der Waals surface area (Å²) in [4.78, 5) is 25.1. The van der Waals surface area contributed by atoms with E-state index in [4.69, 9.17) is 9.84 Å². The van der Waals surface area contributed by atoms with Crippen molar-refractivity contribution in [2.45, 2.75) is 57.7 Å². The Morgan fingerprint density at radius 2 is 2.05 bits per heavy atom. The van der Waals surface area contributed by atoms with Crippen molar-refractivity contribution < 1.29 is 19.4 Å². The molecule has 0 aromatic rings. The smallest absolute Gasteiger partial charge is 0.318 e. The zero-order valence-corrected chi connectivity index (χ0v) is 12.2. The van der Waals surface area contributed by atoms with Crippen LogP contribution in [0, 0.1) is 5.92 Å². The van der Waals surface area contributed by atoms with E-state index in [-0.39, 0.29) is 30.1 Å². The maximum absolute atomic E-state index is 12.3. The molecule has 1 aliphatic heterocycles. The molecular weight excluding hydrogens is 260 g/mol. The van der Waals surface area contributed by atoms with Crippen LogP contribution in [0.1, 0.15) is 39.5 Å². The first-order valence-electron chi connectivity index (χ1n) is 7.39. The fraction of sp³-hybridized carbons (Fsp3) is 0.857. The van der Waals surface area contributed by atoms with Crippen molar-refractivity contribution in [2.75, 3.05) is 13.2 Å². The van der Waals surface area contributed by atoms with Gasteiger partial charge in [0.2, 0.25) is 0 Å². The average Bonchev–Trinajstić information content (AvgIpc) is 2.41. The number of rotatable bonds is 2. The molecule has 6 heteroatoms. The van der Waals surface area contributed by atoms with E-state index in [2.05, 4.69) is 5.32 Å². The lowest BCUT2D eigenvalue weighted by Gasteiger charge is -2.38. The second kappa shape index (κ2) is 6.43. The minimum absolute atomic E-state index is 0.0253. The summed E-state index contributed by atoms with van der Waals surface area (Å²) in [6, 6.07) is -0.0588. The highest BCUT2D eigenvalue weighted by atomic mass is 16.5. The van der Waals surface area contributed by atoms with E-state index in [1.807, 2.05) is 13.8 Å². The number of ether oxygens (including phenoxy) is 1. The number of hydrogen-bond acceptors (Lipinski definition) is 3. The van der Waals surface area contributed by atoms with Crippen molar-refractivity contribution >= 4 is 12.0 Å². The SMILES string of the molecule is CC1CN(C(=O)NC2CCCC(C(=O)O)C2)C(C)CO1. The summed E-state index contributed by atoms with van der Waals surface area (Å²) in [6.45, 7) is 5.05. The maximum Gasteiger partial charge on any atom is 0.318 e. The number of hydrogen-bond donors (Lipinski definition) is 2. The van der Waals surface area contributed by atoms with E-state index in [0.29, 0.717) is 26.0 Å². The van der Waals surface area contributed by atoms with E-state index in [1.165, 1.54) is 0 Å². The molecule has 0 radical (unpaired) electrons. The summed E-state index contributed by atoms with van der Waals surface area (Å²) in [5.74, 6) is -1.08. The zero-order valence-electron chi connectivity index (χ0n) is 12.2. The standard InChI is InChI=1S/C14H24N2O4/c1-9-8-20-10(2)7-16(9)14(19)15-12-5-3-4-11(6-12)13(17)18/h9-12H,3-8H2,1-2H3,(H,15,19)(H,17,18). The Morgan fingerprint density at radius 3 is 2.75 bits per heavy atom. The minimum Gasteiger partial charge on any atom is -0.481 e. The molecule has 0 spiro atoms. The van der Waals surface area contributed by atoms with E-state index in [0.717, 1.165) is 12.8 Å². The van der Waals surface area contributed by atoms with Gasteiger partial charge in [-0.3, -0.25) is 4.79 Å². The van der Waals surface area contributed by atoms with E-state index in [1.54, 1.807) is 4.90 Å².